The van der Waals surface area contributed by atoms with Crippen molar-refractivity contribution in [2.45, 2.75) is 6.10 Å². The number of hydrogen-bond donors (Lipinski definition) is 0. The largest absolute Gasteiger partial charge is 0.373 e. The van der Waals surface area contributed by atoms with Crippen LogP contribution in [0.15, 0.2) is 42.5 Å². The lowest BCUT2D eigenvalue weighted by atomic mass is 10.1. The van der Waals surface area contributed by atoms with Gasteiger partial charge in [-0.1, -0.05) is 35.3 Å². The van der Waals surface area contributed by atoms with Gasteiger partial charge in [-0.15, -0.1) is 0 Å². The van der Waals surface area contributed by atoms with Crippen LogP contribution in [-0.2, 0) is 4.74 Å². The van der Waals surface area contributed by atoms with Crippen molar-refractivity contribution in [1.82, 2.24) is 14.7 Å². The van der Waals surface area contributed by atoms with Crippen LogP contribution in [0.2, 0.25) is 10.0 Å². The number of halogens is 3. The average Bonchev–Trinajstić information content (AvgIpc) is 2.78. The molecule has 1 aliphatic heterocycles. The topological polar surface area (TPSA) is 53.1 Å². The predicted molar refractivity (Wildman–Crippen MR) is 123 cm³/mol. The Labute approximate surface area is 197 Å². The number of benzene rings is 2. The molecule has 1 fully saturated rings. The number of carbonyl (C=O) groups is 2. The highest BCUT2D eigenvalue weighted by Crippen LogP contribution is 2.24. The zero-order valence-corrected chi connectivity index (χ0v) is 19.6. The third-order valence-electron chi connectivity index (χ3n) is 5.23. The summed E-state index contributed by atoms with van der Waals surface area (Å²) in [5.41, 5.74) is 0.456. The lowest BCUT2D eigenvalue weighted by molar-refractivity contribution is -0.0335. The fourth-order valence-corrected chi connectivity index (χ4v) is 3.77. The summed E-state index contributed by atoms with van der Waals surface area (Å²) in [6.45, 7) is 2.33. The monoisotopic (exact) mass is 481 g/mol. The molecule has 172 valence electrons. The molecular formula is C23H26Cl2FN3O3. The van der Waals surface area contributed by atoms with E-state index in [9.17, 15) is 14.0 Å². The van der Waals surface area contributed by atoms with E-state index in [0.29, 0.717) is 48.4 Å². The van der Waals surface area contributed by atoms with E-state index in [-0.39, 0.29) is 18.0 Å². The van der Waals surface area contributed by atoms with Crippen LogP contribution in [0.4, 0.5) is 4.39 Å². The second kappa shape index (κ2) is 11.1. The van der Waals surface area contributed by atoms with Gasteiger partial charge in [0, 0.05) is 38.3 Å². The van der Waals surface area contributed by atoms with Gasteiger partial charge in [-0.25, -0.2) is 4.39 Å². The summed E-state index contributed by atoms with van der Waals surface area (Å²) in [5, 5.41) is 0.693. The number of nitrogens with zero attached hydrogens (tertiary/aromatic N) is 3. The first-order chi connectivity index (χ1) is 15.3. The van der Waals surface area contributed by atoms with Crippen molar-refractivity contribution in [2.24, 2.45) is 0 Å². The maximum Gasteiger partial charge on any atom is 0.256 e. The van der Waals surface area contributed by atoms with E-state index >= 15 is 0 Å². The number of morpholine rings is 1. The van der Waals surface area contributed by atoms with Gasteiger partial charge in [0.25, 0.3) is 11.8 Å². The normalized spacial score (nSPS) is 16.3. The summed E-state index contributed by atoms with van der Waals surface area (Å²) in [6, 6.07) is 10.7. The summed E-state index contributed by atoms with van der Waals surface area (Å²) in [7, 11) is 3.81. The van der Waals surface area contributed by atoms with Crippen LogP contribution in [0.1, 0.15) is 20.7 Å². The smallest absolute Gasteiger partial charge is 0.256 e. The molecule has 0 spiro atoms. The minimum atomic E-state index is -0.562. The number of ether oxygens (including phenoxy) is 1. The molecule has 32 heavy (non-hydrogen) atoms. The van der Waals surface area contributed by atoms with E-state index in [1.807, 2.05) is 19.0 Å². The molecule has 0 radical (unpaired) electrons. The van der Waals surface area contributed by atoms with Gasteiger partial charge >= 0.3 is 0 Å². The zero-order chi connectivity index (χ0) is 23.3. The molecule has 1 aliphatic rings. The summed E-state index contributed by atoms with van der Waals surface area (Å²) >= 11 is 12.0. The summed E-state index contributed by atoms with van der Waals surface area (Å²) in [5.74, 6) is -1.15. The summed E-state index contributed by atoms with van der Waals surface area (Å²) < 4.78 is 20.1. The van der Waals surface area contributed by atoms with Gasteiger partial charge in [0.15, 0.2) is 0 Å². The molecule has 0 N–H and O–H groups in total. The quantitative estimate of drug-likeness (QED) is 0.605. The molecule has 2 amide bonds. The van der Waals surface area contributed by atoms with Crippen LogP contribution in [0.5, 0.6) is 0 Å². The highest BCUT2D eigenvalue weighted by molar-refractivity contribution is 6.42. The Morgan fingerprint density at radius 2 is 1.88 bits per heavy atom. The van der Waals surface area contributed by atoms with Crippen molar-refractivity contribution in [1.29, 1.82) is 0 Å². The first-order valence-corrected chi connectivity index (χ1v) is 11.1. The van der Waals surface area contributed by atoms with Crippen molar-refractivity contribution in [2.75, 3.05) is 53.4 Å². The van der Waals surface area contributed by atoms with Crippen LogP contribution in [0, 0.1) is 5.82 Å². The Bertz CT molecular complexity index is 973. The minimum Gasteiger partial charge on any atom is -0.373 e. The molecule has 0 aliphatic carbocycles. The van der Waals surface area contributed by atoms with Crippen LogP contribution < -0.4 is 0 Å². The SMILES string of the molecule is CN(C)CCN(CC1CN(C(=O)c2ccc(Cl)c(Cl)c2)CCO1)C(=O)c1ccccc1F. The van der Waals surface area contributed by atoms with E-state index in [1.165, 1.54) is 12.1 Å². The molecule has 2 aromatic carbocycles. The minimum absolute atomic E-state index is 0.0193. The molecule has 1 heterocycles. The van der Waals surface area contributed by atoms with Gasteiger partial charge in [0.2, 0.25) is 0 Å². The van der Waals surface area contributed by atoms with Crippen molar-refractivity contribution in [3.8, 4) is 0 Å². The first kappa shape index (κ1) is 24.5. The fourth-order valence-electron chi connectivity index (χ4n) is 3.47. The standard InChI is InChI=1S/C23H26Cl2FN3O3/c1-27(2)9-10-28(23(31)18-5-3-4-6-21(18)26)14-17-15-29(11-12-32-17)22(30)16-7-8-19(24)20(25)13-16/h3-8,13,17H,9-12,14-15H2,1-2H3. The van der Waals surface area contributed by atoms with Gasteiger partial charge in [0.05, 0.1) is 28.3 Å². The van der Waals surface area contributed by atoms with Crippen molar-refractivity contribution in [3.05, 3.63) is 69.5 Å². The van der Waals surface area contributed by atoms with Gasteiger partial charge < -0.3 is 19.4 Å². The molecule has 0 bridgehead atoms. The molecule has 9 heteroatoms. The summed E-state index contributed by atoms with van der Waals surface area (Å²) in [4.78, 5) is 31.2. The number of carbonyl (C=O) groups excluding carboxylic acids is 2. The fraction of sp³-hybridized carbons (Fsp3) is 0.391. The number of likely N-dealkylation sites (N-methyl/N-ethyl adjacent to an activating group) is 1. The van der Waals surface area contributed by atoms with Crippen LogP contribution in [0.25, 0.3) is 0 Å². The maximum atomic E-state index is 14.2. The number of hydrogen-bond acceptors (Lipinski definition) is 4. The van der Waals surface area contributed by atoms with E-state index in [4.69, 9.17) is 27.9 Å². The van der Waals surface area contributed by atoms with Gasteiger partial charge in [-0.05, 0) is 44.4 Å². The average molecular weight is 482 g/mol. The highest BCUT2D eigenvalue weighted by atomic mass is 35.5. The van der Waals surface area contributed by atoms with Gasteiger partial charge in [-0.3, -0.25) is 9.59 Å². The Hall–Kier alpha value is -2.19. The number of amides is 2. The highest BCUT2D eigenvalue weighted by Gasteiger charge is 2.29. The molecule has 2 aromatic rings. The van der Waals surface area contributed by atoms with Crippen molar-refractivity contribution < 1.29 is 18.7 Å². The van der Waals surface area contributed by atoms with E-state index < -0.39 is 17.8 Å². The second-order valence-corrected chi connectivity index (χ2v) is 8.72. The Balaban J connectivity index is 1.72. The Morgan fingerprint density at radius 1 is 1.12 bits per heavy atom. The van der Waals surface area contributed by atoms with E-state index in [1.54, 1.807) is 40.1 Å². The summed E-state index contributed by atoms with van der Waals surface area (Å²) in [6.07, 6.45) is -0.395. The lowest BCUT2D eigenvalue weighted by Gasteiger charge is -2.36. The van der Waals surface area contributed by atoms with Crippen molar-refractivity contribution in [3.63, 3.8) is 0 Å². The van der Waals surface area contributed by atoms with Crippen LogP contribution in [-0.4, -0.2) is 86.0 Å². The third kappa shape index (κ3) is 6.19. The Kier molecular flexibility index (Phi) is 8.48. The molecule has 1 unspecified atom stereocenters. The second-order valence-electron chi connectivity index (χ2n) is 7.91. The van der Waals surface area contributed by atoms with E-state index in [0.717, 1.165) is 0 Å². The Morgan fingerprint density at radius 3 is 2.56 bits per heavy atom. The van der Waals surface area contributed by atoms with Gasteiger partial charge in [0.1, 0.15) is 5.82 Å². The van der Waals surface area contributed by atoms with E-state index in [2.05, 4.69) is 0 Å². The first-order valence-electron chi connectivity index (χ1n) is 10.3. The van der Waals surface area contributed by atoms with Crippen LogP contribution >= 0.6 is 23.2 Å². The van der Waals surface area contributed by atoms with Gasteiger partial charge in [-0.2, -0.15) is 0 Å². The van der Waals surface area contributed by atoms with Crippen molar-refractivity contribution >= 4 is 35.0 Å². The molecule has 1 saturated heterocycles. The molecule has 1 atom stereocenters. The maximum absolute atomic E-state index is 14.2. The lowest BCUT2D eigenvalue weighted by Crippen LogP contribution is -2.51. The molecule has 3 rings (SSSR count). The van der Waals surface area contributed by atoms with Crippen LogP contribution in [0.3, 0.4) is 0 Å². The molecule has 6 nitrogen and oxygen atoms in total. The molecular weight excluding hydrogens is 456 g/mol. The molecule has 0 aromatic heterocycles. The predicted octanol–water partition coefficient (Wildman–Crippen LogP) is 3.68. The molecule has 0 saturated carbocycles. The third-order valence-corrected chi connectivity index (χ3v) is 5.96. The number of rotatable bonds is 7. The zero-order valence-electron chi connectivity index (χ0n) is 18.1.